The summed E-state index contributed by atoms with van der Waals surface area (Å²) in [6.45, 7) is 6.94. The second kappa shape index (κ2) is 65.4. The number of carbonyl (C=O) groups excluding carboxylic acids is 2. The summed E-state index contributed by atoms with van der Waals surface area (Å²) in [5, 5.41) is 3.07. The number of amides is 1. The molecule has 0 saturated heterocycles. The molecule has 0 aromatic carbocycles. The minimum absolute atomic E-state index is 0.0371. The van der Waals surface area contributed by atoms with Crippen molar-refractivity contribution in [3.63, 3.8) is 0 Å². The summed E-state index contributed by atoms with van der Waals surface area (Å²) in [6.07, 6.45) is 86.4. The summed E-state index contributed by atoms with van der Waals surface area (Å²) in [7, 11) is 1.49. The summed E-state index contributed by atoms with van der Waals surface area (Å²) in [5.41, 5.74) is 0. The molecule has 3 atom stereocenters. The van der Waals surface area contributed by atoms with Crippen molar-refractivity contribution < 1.29 is 37.3 Å². The lowest BCUT2D eigenvalue weighted by Gasteiger charge is -2.27. The molecule has 3 unspecified atom stereocenters. The van der Waals surface area contributed by atoms with Gasteiger partial charge in [-0.1, -0.05) is 332 Å². The average molecular weight is 1230 g/mol. The van der Waals surface area contributed by atoms with Crippen molar-refractivity contribution in [1.82, 2.24) is 5.32 Å². The number of nitrogens with zero attached hydrogens (tertiary/aromatic N) is 1. The largest absolute Gasteiger partial charge is 0.472 e. The lowest BCUT2D eigenvalue weighted by molar-refractivity contribution is -0.870. The first-order valence-corrected chi connectivity index (χ1v) is 38.3. The van der Waals surface area contributed by atoms with E-state index in [0.29, 0.717) is 23.9 Å². The van der Waals surface area contributed by atoms with Gasteiger partial charge < -0.3 is 19.4 Å². The summed E-state index contributed by atoms with van der Waals surface area (Å²) in [6, 6.07) is -0.857. The number of phosphoric ester groups is 1. The molecule has 2 N–H and O–H groups in total. The fourth-order valence-corrected chi connectivity index (χ4v) is 11.5. The van der Waals surface area contributed by atoms with Gasteiger partial charge >= 0.3 is 13.8 Å². The van der Waals surface area contributed by atoms with Gasteiger partial charge in [0.2, 0.25) is 5.91 Å². The van der Waals surface area contributed by atoms with Gasteiger partial charge in [-0.3, -0.25) is 18.6 Å². The fourth-order valence-electron chi connectivity index (χ4n) is 10.8. The number of hydrogen-bond donors (Lipinski definition) is 2. The Morgan fingerprint density at radius 1 is 0.419 bits per heavy atom. The number of quaternary nitrogens is 1. The molecular formula is C76H142N2O7P+. The number of carbonyl (C=O) groups is 2. The molecule has 0 fully saturated rings. The number of ether oxygens (including phenoxy) is 1. The van der Waals surface area contributed by atoms with Crippen LogP contribution in [0.15, 0.2) is 72.9 Å². The van der Waals surface area contributed by atoms with Gasteiger partial charge in [0.15, 0.2) is 0 Å². The highest BCUT2D eigenvalue weighted by Gasteiger charge is 2.30. The molecule has 9 nitrogen and oxygen atoms in total. The number of esters is 1. The van der Waals surface area contributed by atoms with Crippen LogP contribution in [0.25, 0.3) is 0 Å². The Morgan fingerprint density at radius 2 is 0.744 bits per heavy atom. The third-order valence-corrected chi connectivity index (χ3v) is 17.4. The molecule has 1 amide bonds. The molecule has 0 aromatic heterocycles. The molecule has 0 radical (unpaired) electrons. The van der Waals surface area contributed by atoms with Crippen LogP contribution in [0.5, 0.6) is 0 Å². The number of hydrogen-bond acceptors (Lipinski definition) is 6. The molecule has 502 valence electrons. The zero-order valence-electron chi connectivity index (χ0n) is 57.6. The maximum absolute atomic E-state index is 13.6. The van der Waals surface area contributed by atoms with Gasteiger partial charge in [-0.05, 0) is 76.7 Å². The topological polar surface area (TPSA) is 111 Å². The Labute approximate surface area is 533 Å². The van der Waals surface area contributed by atoms with Crippen molar-refractivity contribution in [2.24, 2.45) is 0 Å². The molecule has 0 aliphatic rings. The lowest BCUT2D eigenvalue weighted by atomic mass is 10.0. The first-order valence-electron chi connectivity index (χ1n) is 36.8. The second-order valence-electron chi connectivity index (χ2n) is 26.1. The SMILES string of the molecule is CC/C=C\C/C=C\C/C=C\C/C=C\C/C=C\CCCCCCCCCC(=O)NC(COP(=O)(O)OCC[N+](C)(C)C)C(/C=C/CCCCCCCCCCCC)OC(=O)CCCCCCCCCCCCCCCCCCCCCCCCCCC. The summed E-state index contributed by atoms with van der Waals surface area (Å²) >= 11 is 0. The molecule has 10 heteroatoms. The summed E-state index contributed by atoms with van der Waals surface area (Å²) in [4.78, 5) is 37.9. The standard InChI is InChI=1S/C76H141N2O7P/c1-7-10-13-16-19-22-25-28-30-32-34-36-38-39-41-43-45-47-49-51-54-57-60-63-66-69-76(80)85-74(67-64-61-58-55-52-27-24-21-18-15-12-9-3)73(72-84-86(81,82)83-71-70-78(4,5)6)77-75(79)68-65-62-59-56-53-50-48-46-44-42-40-37-35-33-31-29-26-23-20-17-14-11-8-2/h11,14,20,23,29,31,35,37,42,44,64,67,73-74H,7-10,12-13,15-19,21-22,24-28,30,32-34,36,38-41,43,45-63,65-66,68-72H2,1-6H3,(H-,77,79,81,82)/p+1/b14-11-,23-20-,31-29-,37-35-,44-42-,67-64+. The quantitative estimate of drug-likeness (QED) is 0.0205. The van der Waals surface area contributed by atoms with Crippen LogP contribution < -0.4 is 5.32 Å². The Bertz CT molecular complexity index is 1700. The van der Waals surface area contributed by atoms with Crippen molar-refractivity contribution in [2.75, 3.05) is 40.9 Å². The van der Waals surface area contributed by atoms with Crippen molar-refractivity contribution >= 4 is 19.7 Å². The smallest absolute Gasteiger partial charge is 0.456 e. The number of allylic oxidation sites excluding steroid dienone is 11. The van der Waals surface area contributed by atoms with E-state index in [4.69, 9.17) is 13.8 Å². The van der Waals surface area contributed by atoms with Crippen molar-refractivity contribution in [3.05, 3.63) is 72.9 Å². The Morgan fingerprint density at radius 3 is 1.12 bits per heavy atom. The van der Waals surface area contributed by atoms with Gasteiger partial charge in [-0.25, -0.2) is 4.57 Å². The number of likely N-dealkylation sites (N-methyl/N-ethyl adjacent to an activating group) is 1. The first kappa shape index (κ1) is 83.5. The zero-order valence-corrected chi connectivity index (χ0v) is 58.5. The normalized spacial score (nSPS) is 13.9. The maximum Gasteiger partial charge on any atom is 0.472 e. The average Bonchev–Trinajstić information content (AvgIpc) is 3.66. The highest BCUT2D eigenvalue weighted by Crippen LogP contribution is 2.43. The molecule has 0 aliphatic heterocycles. The van der Waals surface area contributed by atoms with Gasteiger partial charge in [-0.2, -0.15) is 0 Å². The summed E-state index contributed by atoms with van der Waals surface area (Å²) in [5.74, 6) is -0.505. The Balaban J connectivity index is 5.03. The molecule has 0 saturated carbocycles. The van der Waals surface area contributed by atoms with Crippen LogP contribution in [0.4, 0.5) is 0 Å². The monoisotopic (exact) mass is 1230 g/mol. The molecule has 0 aromatic rings. The van der Waals surface area contributed by atoms with Crippen LogP contribution in [-0.4, -0.2) is 74.3 Å². The van der Waals surface area contributed by atoms with E-state index < -0.39 is 20.0 Å². The number of phosphoric acid groups is 1. The van der Waals surface area contributed by atoms with Gasteiger partial charge in [0.25, 0.3) is 0 Å². The van der Waals surface area contributed by atoms with Crippen LogP contribution in [0, 0.1) is 0 Å². The second-order valence-corrected chi connectivity index (χ2v) is 27.5. The molecule has 0 aliphatic carbocycles. The van der Waals surface area contributed by atoms with Crippen molar-refractivity contribution in [2.45, 2.75) is 360 Å². The van der Waals surface area contributed by atoms with Crippen LogP contribution in [0.3, 0.4) is 0 Å². The van der Waals surface area contributed by atoms with Gasteiger partial charge in [0.1, 0.15) is 19.3 Å². The highest BCUT2D eigenvalue weighted by molar-refractivity contribution is 7.47. The van der Waals surface area contributed by atoms with E-state index in [2.05, 4.69) is 86.8 Å². The van der Waals surface area contributed by atoms with Crippen LogP contribution in [0.2, 0.25) is 0 Å². The molecule has 86 heavy (non-hydrogen) atoms. The molecule has 0 spiro atoms. The zero-order chi connectivity index (χ0) is 62.8. The van der Waals surface area contributed by atoms with E-state index in [1.807, 2.05) is 33.3 Å². The molecule has 0 rings (SSSR count). The molecule has 0 bridgehead atoms. The molecule has 0 heterocycles. The van der Waals surface area contributed by atoms with Gasteiger partial charge in [-0.15, -0.1) is 0 Å². The predicted molar refractivity (Wildman–Crippen MR) is 374 cm³/mol. The summed E-state index contributed by atoms with van der Waals surface area (Å²) < 4.78 is 30.9. The van der Waals surface area contributed by atoms with Crippen LogP contribution in [-0.2, 0) is 27.9 Å². The Hall–Kier alpha value is -2.55. The number of unbranched alkanes of at least 4 members (excludes halogenated alkanes) is 41. The van der Waals surface area contributed by atoms with E-state index >= 15 is 0 Å². The van der Waals surface area contributed by atoms with Gasteiger partial charge in [0, 0.05) is 12.8 Å². The van der Waals surface area contributed by atoms with Crippen molar-refractivity contribution in [3.8, 4) is 0 Å². The lowest BCUT2D eigenvalue weighted by Crippen LogP contribution is -2.47. The van der Waals surface area contributed by atoms with Crippen molar-refractivity contribution in [1.29, 1.82) is 0 Å². The van der Waals surface area contributed by atoms with E-state index in [1.54, 1.807) is 0 Å². The fraction of sp³-hybridized carbons (Fsp3) is 0.816. The predicted octanol–water partition coefficient (Wildman–Crippen LogP) is 23.5. The van der Waals surface area contributed by atoms with Gasteiger partial charge in [0.05, 0.1) is 33.8 Å². The number of rotatable bonds is 67. The third-order valence-electron chi connectivity index (χ3n) is 16.4. The number of nitrogens with one attached hydrogen (secondary N) is 1. The highest BCUT2D eigenvalue weighted by atomic mass is 31.2. The Kier molecular flexibility index (Phi) is 63.5. The maximum atomic E-state index is 13.6. The van der Waals surface area contributed by atoms with Crippen LogP contribution >= 0.6 is 7.82 Å². The van der Waals surface area contributed by atoms with E-state index in [-0.39, 0.29) is 25.1 Å². The minimum atomic E-state index is -4.46. The van der Waals surface area contributed by atoms with Crippen LogP contribution in [0.1, 0.15) is 348 Å². The first-order chi connectivity index (χ1) is 41.9. The van der Waals surface area contributed by atoms with E-state index in [0.717, 1.165) is 103 Å². The van der Waals surface area contributed by atoms with E-state index in [1.165, 1.54) is 212 Å². The molecular weight excluding hydrogens is 1080 g/mol. The third kappa shape index (κ3) is 65.9. The minimum Gasteiger partial charge on any atom is -0.456 e. The van der Waals surface area contributed by atoms with E-state index in [9.17, 15) is 19.0 Å².